The maximum atomic E-state index is 13.3. The number of methoxy groups -OCH3 is 1. The summed E-state index contributed by atoms with van der Waals surface area (Å²) in [5.74, 6) is -2.13. The monoisotopic (exact) mass is 352 g/mol. The predicted molar refractivity (Wildman–Crippen MR) is 63.1 cm³/mol. The van der Waals surface area contributed by atoms with Crippen molar-refractivity contribution in [3.05, 3.63) is 32.7 Å². The van der Waals surface area contributed by atoms with E-state index in [4.69, 9.17) is 0 Å². The van der Waals surface area contributed by atoms with Crippen molar-refractivity contribution in [3.8, 4) is 0 Å². The fourth-order valence-corrected chi connectivity index (χ4v) is 1.87. The lowest BCUT2D eigenvalue weighted by Crippen LogP contribution is -2.27. The highest BCUT2D eigenvalue weighted by atomic mass is 79.9. The number of rotatable bonds is 3. The standard InChI is InChI=1S/C10H7Br2FO3/c1-16-10(15)8(13)9(14)5-3-2-4-6(11)7(5)12/h2-4,8H,1H3. The maximum Gasteiger partial charge on any atom is 0.348 e. The second kappa shape index (κ2) is 5.54. The fourth-order valence-electron chi connectivity index (χ4n) is 1.04. The van der Waals surface area contributed by atoms with Crippen molar-refractivity contribution in [2.24, 2.45) is 0 Å². The Kier molecular flexibility index (Phi) is 4.61. The number of benzene rings is 1. The van der Waals surface area contributed by atoms with Crippen molar-refractivity contribution in [2.45, 2.75) is 6.17 Å². The van der Waals surface area contributed by atoms with Crippen LogP contribution in [-0.2, 0) is 9.53 Å². The molecule has 0 bridgehead atoms. The zero-order valence-electron chi connectivity index (χ0n) is 8.17. The van der Waals surface area contributed by atoms with Gasteiger partial charge in [0.25, 0.3) is 6.17 Å². The summed E-state index contributed by atoms with van der Waals surface area (Å²) < 4.78 is 18.5. The summed E-state index contributed by atoms with van der Waals surface area (Å²) in [6.07, 6.45) is -2.30. The van der Waals surface area contributed by atoms with Crippen molar-refractivity contribution in [3.63, 3.8) is 0 Å². The zero-order valence-corrected chi connectivity index (χ0v) is 11.3. The number of ketones is 1. The Morgan fingerprint density at radius 2 is 2.00 bits per heavy atom. The van der Waals surface area contributed by atoms with Crippen LogP contribution in [0.25, 0.3) is 0 Å². The molecule has 1 unspecified atom stereocenters. The molecule has 0 aliphatic rings. The summed E-state index contributed by atoms with van der Waals surface area (Å²) in [5.41, 5.74) is 0.0901. The van der Waals surface area contributed by atoms with Crippen LogP contribution in [0.4, 0.5) is 4.39 Å². The van der Waals surface area contributed by atoms with Gasteiger partial charge >= 0.3 is 5.97 Å². The van der Waals surface area contributed by atoms with Crippen molar-refractivity contribution in [2.75, 3.05) is 7.11 Å². The zero-order chi connectivity index (χ0) is 12.3. The highest BCUT2D eigenvalue weighted by Gasteiger charge is 2.29. The van der Waals surface area contributed by atoms with Gasteiger partial charge in [0.1, 0.15) is 0 Å². The van der Waals surface area contributed by atoms with Gasteiger partial charge in [-0.3, -0.25) is 4.79 Å². The third kappa shape index (κ3) is 2.68. The van der Waals surface area contributed by atoms with E-state index in [9.17, 15) is 14.0 Å². The Morgan fingerprint density at radius 3 is 2.56 bits per heavy atom. The predicted octanol–water partition coefficient (Wildman–Crippen LogP) is 2.91. The van der Waals surface area contributed by atoms with E-state index in [1.54, 1.807) is 12.1 Å². The molecule has 0 aliphatic heterocycles. The Bertz CT molecular complexity index is 434. The van der Waals surface area contributed by atoms with Crippen molar-refractivity contribution < 1.29 is 18.7 Å². The smallest absolute Gasteiger partial charge is 0.348 e. The molecule has 0 spiro atoms. The number of ether oxygens (including phenoxy) is 1. The lowest BCUT2D eigenvalue weighted by atomic mass is 10.1. The molecular weight excluding hydrogens is 347 g/mol. The maximum absolute atomic E-state index is 13.3. The molecule has 0 radical (unpaired) electrons. The minimum Gasteiger partial charge on any atom is -0.467 e. The van der Waals surface area contributed by atoms with Gasteiger partial charge in [0.2, 0.25) is 5.78 Å². The van der Waals surface area contributed by atoms with Gasteiger partial charge < -0.3 is 4.74 Å². The van der Waals surface area contributed by atoms with E-state index >= 15 is 0 Å². The number of halogens is 3. The largest absolute Gasteiger partial charge is 0.467 e. The number of carbonyl (C=O) groups excluding carboxylic acids is 2. The molecule has 3 nitrogen and oxygen atoms in total. The van der Waals surface area contributed by atoms with Crippen LogP contribution < -0.4 is 0 Å². The third-order valence-electron chi connectivity index (χ3n) is 1.86. The van der Waals surface area contributed by atoms with Crippen LogP contribution in [0.3, 0.4) is 0 Å². The van der Waals surface area contributed by atoms with Gasteiger partial charge in [-0.2, -0.15) is 0 Å². The Morgan fingerprint density at radius 1 is 1.38 bits per heavy atom. The molecule has 6 heteroatoms. The highest BCUT2D eigenvalue weighted by Crippen LogP contribution is 2.27. The van der Waals surface area contributed by atoms with Crippen LogP contribution in [-0.4, -0.2) is 25.0 Å². The van der Waals surface area contributed by atoms with E-state index in [1.165, 1.54) is 6.07 Å². The minimum absolute atomic E-state index is 0.0901. The summed E-state index contributed by atoms with van der Waals surface area (Å²) in [6.45, 7) is 0. The summed E-state index contributed by atoms with van der Waals surface area (Å²) in [7, 11) is 1.03. The lowest BCUT2D eigenvalue weighted by Gasteiger charge is -2.07. The van der Waals surface area contributed by atoms with Crippen LogP contribution in [0, 0.1) is 0 Å². The SMILES string of the molecule is COC(=O)C(F)C(=O)c1cccc(Br)c1Br. The number of Topliss-reactive ketones (excluding diaryl/α,β-unsaturated/α-hetero) is 1. The van der Waals surface area contributed by atoms with Gasteiger partial charge in [-0.05, 0) is 37.9 Å². The summed E-state index contributed by atoms with van der Waals surface area (Å²) in [4.78, 5) is 22.5. The van der Waals surface area contributed by atoms with Crippen molar-refractivity contribution >= 4 is 43.6 Å². The number of alkyl halides is 1. The second-order valence-electron chi connectivity index (χ2n) is 2.85. The van der Waals surface area contributed by atoms with Gasteiger partial charge in [-0.1, -0.05) is 12.1 Å². The quantitative estimate of drug-likeness (QED) is 0.476. The average Bonchev–Trinajstić information content (AvgIpc) is 2.29. The Labute approximate surface area is 108 Å². The van der Waals surface area contributed by atoms with Crippen LogP contribution >= 0.6 is 31.9 Å². The van der Waals surface area contributed by atoms with E-state index in [-0.39, 0.29) is 5.56 Å². The third-order valence-corrected chi connectivity index (χ3v) is 3.90. The highest BCUT2D eigenvalue weighted by molar-refractivity contribution is 9.13. The Hall–Kier alpha value is -0.750. The van der Waals surface area contributed by atoms with E-state index < -0.39 is 17.9 Å². The Balaban J connectivity index is 3.06. The number of hydrogen-bond acceptors (Lipinski definition) is 3. The van der Waals surface area contributed by atoms with Crippen LogP contribution in [0.2, 0.25) is 0 Å². The van der Waals surface area contributed by atoms with Gasteiger partial charge in [-0.15, -0.1) is 0 Å². The van der Waals surface area contributed by atoms with Gasteiger partial charge in [0.05, 0.1) is 7.11 Å². The first kappa shape index (κ1) is 13.3. The first-order valence-electron chi connectivity index (χ1n) is 4.19. The molecule has 0 aliphatic carbocycles. The topological polar surface area (TPSA) is 43.4 Å². The summed E-state index contributed by atoms with van der Waals surface area (Å²) >= 11 is 6.31. The van der Waals surface area contributed by atoms with E-state index in [2.05, 4.69) is 36.6 Å². The second-order valence-corrected chi connectivity index (χ2v) is 4.50. The first-order valence-corrected chi connectivity index (χ1v) is 5.77. The normalized spacial score (nSPS) is 12.0. The van der Waals surface area contributed by atoms with Gasteiger partial charge in [0, 0.05) is 14.5 Å². The van der Waals surface area contributed by atoms with E-state index in [1.807, 2.05) is 0 Å². The molecule has 0 saturated carbocycles. The molecule has 0 aromatic heterocycles. The molecule has 0 saturated heterocycles. The van der Waals surface area contributed by atoms with E-state index in [0.29, 0.717) is 8.95 Å². The molecule has 0 N–H and O–H groups in total. The molecule has 0 amide bonds. The van der Waals surface area contributed by atoms with Crippen LogP contribution in [0.15, 0.2) is 27.1 Å². The van der Waals surface area contributed by atoms with Gasteiger partial charge in [-0.25, -0.2) is 9.18 Å². The molecule has 0 heterocycles. The van der Waals surface area contributed by atoms with Crippen LogP contribution in [0.1, 0.15) is 10.4 Å². The molecule has 16 heavy (non-hydrogen) atoms. The minimum atomic E-state index is -2.30. The number of hydrogen-bond donors (Lipinski definition) is 0. The summed E-state index contributed by atoms with van der Waals surface area (Å²) in [5, 5.41) is 0. The molecule has 1 atom stereocenters. The van der Waals surface area contributed by atoms with Crippen molar-refractivity contribution in [1.82, 2.24) is 0 Å². The summed E-state index contributed by atoms with van der Waals surface area (Å²) in [6, 6.07) is 4.69. The van der Waals surface area contributed by atoms with Crippen LogP contribution in [0.5, 0.6) is 0 Å². The molecule has 0 fully saturated rings. The molecular formula is C10H7Br2FO3. The van der Waals surface area contributed by atoms with Gasteiger partial charge in [0.15, 0.2) is 0 Å². The first-order chi connectivity index (χ1) is 7.49. The average molecular weight is 354 g/mol. The fraction of sp³-hybridized carbons (Fsp3) is 0.200. The molecule has 1 aromatic carbocycles. The molecule has 86 valence electrons. The van der Waals surface area contributed by atoms with E-state index in [0.717, 1.165) is 7.11 Å². The van der Waals surface area contributed by atoms with Crippen molar-refractivity contribution in [1.29, 1.82) is 0 Å². The molecule has 1 aromatic rings. The lowest BCUT2D eigenvalue weighted by molar-refractivity contribution is -0.144. The number of carbonyl (C=O) groups is 2. The number of esters is 1. The molecule has 1 rings (SSSR count).